The number of carbonyl (C=O) groups is 2. The molecule has 1 rings (SSSR count). The Morgan fingerprint density at radius 1 is 1.17 bits per heavy atom. The molecule has 0 aliphatic carbocycles. The normalized spacial score (nSPS) is 10.8. The van der Waals surface area contributed by atoms with Crippen molar-refractivity contribution in [3.63, 3.8) is 0 Å². The molecular formula is C10H10F3N3O2. The van der Waals surface area contributed by atoms with Gasteiger partial charge in [-0.3, -0.25) is 14.6 Å². The van der Waals surface area contributed by atoms with Crippen LogP contribution in [0.2, 0.25) is 0 Å². The van der Waals surface area contributed by atoms with Crippen LogP contribution in [0.25, 0.3) is 0 Å². The van der Waals surface area contributed by atoms with Gasteiger partial charge in [0.05, 0.1) is 0 Å². The van der Waals surface area contributed by atoms with Gasteiger partial charge in [0, 0.05) is 19.3 Å². The highest BCUT2D eigenvalue weighted by molar-refractivity contribution is 5.92. The Balaban J connectivity index is 2.27. The molecular weight excluding hydrogens is 251 g/mol. The van der Waals surface area contributed by atoms with Crippen LogP contribution in [0.1, 0.15) is 10.5 Å². The molecule has 0 radical (unpaired) electrons. The van der Waals surface area contributed by atoms with E-state index in [0.29, 0.717) is 0 Å². The van der Waals surface area contributed by atoms with Gasteiger partial charge < -0.3 is 10.6 Å². The second kappa shape index (κ2) is 5.99. The van der Waals surface area contributed by atoms with Crippen LogP contribution in [0.4, 0.5) is 13.2 Å². The lowest BCUT2D eigenvalue weighted by Crippen LogP contribution is -2.41. The molecule has 0 unspecified atom stereocenters. The molecule has 0 aliphatic rings. The molecule has 8 heteroatoms. The monoisotopic (exact) mass is 261 g/mol. The van der Waals surface area contributed by atoms with Gasteiger partial charge in [-0.25, -0.2) is 0 Å². The van der Waals surface area contributed by atoms with Gasteiger partial charge in [0.2, 0.25) is 0 Å². The topological polar surface area (TPSA) is 71.1 Å². The summed E-state index contributed by atoms with van der Waals surface area (Å²) < 4.78 is 35.4. The summed E-state index contributed by atoms with van der Waals surface area (Å²) in [6.45, 7) is -0.422. The van der Waals surface area contributed by atoms with E-state index in [0.717, 1.165) is 0 Å². The van der Waals surface area contributed by atoms with Gasteiger partial charge >= 0.3 is 12.1 Å². The Morgan fingerprint density at radius 2 is 1.83 bits per heavy atom. The SMILES string of the molecule is O=C(NCCNC(=O)C(F)(F)F)c1ccccn1. The predicted molar refractivity (Wildman–Crippen MR) is 55.6 cm³/mol. The van der Waals surface area contributed by atoms with Crippen molar-refractivity contribution in [2.75, 3.05) is 13.1 Å². The van der Waals surface area contributed by atoms with Crippen LogP contribution < -0.4 is 10.6 Å². The molecule has 2 N–H and O–H groups in total. The number of aromatic nitrogens is 1. The summed E-state index contributed by atoms with van der Waals surface area (Å²) in [5, 5.41) is 3.95. The minimum absolute atomic E-state index is 0.114. The zero-order chi connectivity index (χ0) is 13.6. The largest absolute Gasteiger partial charge is 0.471 e. The zero-order valence-corrected chi connectivity index (χ0v) is 9.12. The first-order chi connectivity index (χ1) is 8.41. The number of amides is 2. The van der Waals surface area contributed by atoms with E-state index in [-0.39, 0.29) is 18.8 Å². The molecule has 1 heterocycles. The van der Waals surface area contributed by atoms with Gasteiger partial charge in [0.1, 0.15) is 5.69 Å². The lowest BCUT2D eigenvalue weighted by atomic mass is 10.3. The lowest BCUT2D eigenvalue weighted by Gasteiger charge is -2.08. The third kappa shape index (κ3) is 4.40. The van der Waals surface area contributed by atoms with Crippen LogP contribution in [0.15, 0.2) is 24.4 Å². The summed E-state index contributed by atoms with van der Waals surface area (Å²) in [5.74, 6) is -2.55. The quantitative estimate of drug-likeness (QED) is 0.775. The molecule has 0 fully saturated rings. The van der Waals surface area contributed by atoms with Crippen molar-refractivity contribution in [3.05, 3.63) is 30.1 Å². The number of carbonyl (C=O) groups excluding carboxylic acids is 2. The summed E-state index contributed by atoms with van der Waals surface area (Å²) in [7, 11) is 0. The summed E-state index contributed by atoms with van der Waals surface area (Å²) in [4.78, 5) is 25.5. The van der Waals surface area contributed by atoms with Crippen LogP contribution in [0.3, 0.4) is 0 Å². The van der Waals surface area contributed by atoms with Crippen molar-refractivity contribution >= 4 is 11.8 Å². The molecule has 18 heavy (non-hydrogen) atoms. The predicted octanol–water partition coefficient (Wildman–Crippen LogP) is 0.490. The summed E-state index contributed by atoms with van der Waals surface area (Å²) in [5.41, 5.74) is 0.152. The Kier molecular flexibility index (Phi) is 4.64. The van der Waals surface area contributed by atoms with E-state index < -0.39 is 18.0 Å². The molecule has 0 saturated carbocycles. The number of hydrogen-bond donors (Lipinski definition) is 2. The van der Waals surface area contributed by atoms with Crippen molar-refractivity contribution in [2.24, 2.45) is 0 Å². The van der Waals surface area contributed by atoms with Gasteiger partial charge in [-0.1, -0.05) is 6.07 Å². The molecule has 0 atom stereocenters. The Bertz CT molecular complexity index is 420. The Labute approximate surface area is 100 Å². The zero-order valence-electron chi connectivity index (χ0n) is 9.12. The van der Waals surface area contributed by atoms with Crippen LogP contribution in [-0.4, -0.2) is 36.1 Å². The second-order valence-corrected chi connectivity index (χ2v) is 3.22. The number of nitrogens with zero attached hydrogens (tertiary/aromatic N) is 1. The van der Waals surface area contributed by atoms with E-state index in [1.807, 2.05) is 0 Å². The molecule has 5 nitrogen and oxygen atoms in total. The first-order valence-corrected chi connectivity index (χ1v) is 4.95. The fourth-order valence-electron chi connectivity index (χ4n) is 1.04. The van der Waals surface area contributed by atoms with Crippen LogP contribution >= 0.6 is 0 Å². The van der Waals surface area contributed by atoms with E-state index in [2.05, 4.69) is 10.3 Å². The van der Waals surface area contributed by atoms with Gasteiger partial charge in [-0.2, -0.15) is 13.2 Å². The first-order valence-electron chi connectivity index (χ1n) is 4.95. The van der Waals surface area contributed by atoms with E-state index >= 15 is 0 Å². The maximum absolute atomic E-state index is 11.8. The van der Waals surface area contributed by atoms with Crippen LogP contribution in [0.5, 0.6) is 0 Å². The summed E-state index contributed by atoms with van der Waals surface area (Å²) in [6, 6.07) is 4.69. The van der Waals surface area contributed by atoms with E-state index in [1.165, 1.54) is 12.3 Å². The molecule has 2 amide bonds. The third-order valence-electron chi connectivity index (χ3n) is 1.85. The number of nitrogens with one attached hydrogen (secondary N) is 2. The molecule has 0 aliphatic heterocycles. The number of halogens is 3. The lowest BCUT2D eigenvalue weighted by molar-refractivity contribution is -0.173. The highest BCUT2D eigenvalue weighted by Crippen LogP contribution is 2.13. The molecule has 98 valence electrons. The molecule has 1 aromatic rings. The second-order valence-electron chi connectivity index (χ2n) is 3.22. The average molecular weight is 261 g/mol. The van der Waals surface area contributed by atoms with Gasteiger partial charge in [0.25, 0.3) is 5.91 Å². The average Bonchev–Trinajstić information content (AvgIpc) is 2.34. The smallest absolute Gasteiger partial charge is 0.349 e. The minimum Gasteiger partial charge on any atom is -0.349 e. The minimum atomic E-state index is -4.91. The highest BCUT2D eigenvalue weighted by Gasteiger charge is 2.38. The van der Waals surface area contributed by atoms with Gasteiger partial charge in [0.15, 0.2) is 0 Å². The molecule has 0 aromatic carbocycles. The van der Waals surface area contributed by atoms with E-state index in [1.54, 1.807) is 17.4 Å². The van der Waals surface area contributed by atoms with Crippen molar-refractivity contribution in [2.45, 2.75) is 6.18 Å². The van der Waals surface area contributed by atoms with E-state index in [9.17, 15) is 22.8 Å². The fraction of sp³-hybridized carbons (Fsp3) is 0.300. The van der Waals surface area contributed by atoms with Crippen LogP contribution in [0, 0.1) is 0 Å². The van der Waals surface area contributed by atoms with Crippen molar-refractivity contribution in [3.8, 4) is 0 Å². The number of alkyl halides is 3. The van der Waals surface area contributed by atoms with Gasteiger partial charge in [-0.05, 0) is 12.1 Å². The fourth-order valence-corrected chi connectivity index (χ4v) is 1.04. The van der Waals surface area contributed by atoms with Crippen molar-refractivity contribution in [1.82, 2.24) is 15.6 Å². The standard InChI is InChI=1S/C10H10F3N3O2/c11-10(12,13)9(18)16-6-5-15-8(17)7-3-1-2-4-14-7/h1-4H,5-6H2,(H,15,17)(H,16,18). The summed E-state index contributed by atoms with van der Waals surface area (Å²) in [6.07, 6.45) is -3.49. The van der Waals surface area contributed by atoms with Crippen molar-refractivity contribution < 1.29 is 22.8 Å². The van der Waals surface area contributed by atoms with E-state index in [4.69, 9.17) is 0 Å². The molecule has 0 spiro atoms. The molecule has 0 saturated heterocycles. The first kappa shape index (κ1) is 13.9. The number of rotatable bonds is 4. The highest BCUT2D eigenvalue weighted by atomic mass is 19.4. The van der Waals surface area contributed by atoms with Crippen molar-refractivity contribution in [1.29, 1.82) is 0 Å². The van der Waals surface area contributed by atoms with Crippen LogP contribution in [-0.2, 0) is 4.79 Å². The Morgan fingerprint density at radius 3 is 2.39 bits per heavy atom. The number of pyridine rings is 1. The van der Waals surface area contributed by atoms with Gasteiger partial charge in [-0.15, -0.1) is 0 Å². The maximum atomic E-state index is 11.8. The molecule has 0 bridgehead atoms. The third-order valence-corrected chi connectivity index (χ3v) is 1.85. The number of hydrogen-bond acceptors (Lipinski definition) is 3. The molecule has 1 aromatic heterocycles. The maximum Gasteiger partial charge on any atom is 0.471 e. The Hall–Kier alpha value is -2.12. The summed E-state index contributed by atoms with van der Waals surface area (Å²) >= 11 is 0.